The maximum absolute atomic E-state index is 6.28. The third-order valence-electron chi connectivity index (χ3n) is 4.87. The van der Waals surface area contributed by atoms with Crippen LogP contribution >= 0.6 is 0 Å². The van der Waals surface area contributed by atoms with Crippen LogP contribution in [-0.2, 0) is 0 Å². The molecule has 2 aliphatic heterocycles. The smallest absolute Gasteiger partial charge is 0.188 e. The van der Waals surface area contributed by atoms with Gasteiger partial charge < -0.3 is 9.47 Å². The van der Waals surface area contributed by atoms with E-state index in [0.29, 0.717) is 5.92 Å². The fourth-order valence-corrected chi connectivity index (χ4v) is 3.63. The number of nitrogens with zero attached hydrogens (tertiary/aromatic N) is 2. The Kier molecular flexibility index (Phi) is 4.12. The van der Waals surface area contributed by atoms with E-state index in [0.717, 1.165) is 35.6 Å². The van der Waals surface area contributed by atoms with Crippen LogP contribution in [0, 0.1) is 5.92 Å². The molecule has 2 aromatic rings. The third-order valence-corrected chi connectivity index (χ3v) is 4.87. The lowest BCUT2D eigenvalue weighted by atomic mass is 9.95. The van der Waals surface area contributed by atoms with Gasteiger partial charge >= 0.3 is 0 Å². The van der Waals surface area contributed by atoms with Gasteiger partial charge in [-0.25, -0.2) is 0 Å². The van der Waals surface area contributed by atoms with Crippen LogP contribution in [0.3, 0.4) is 0 Å². The van der Waals surface area contributed by atoms with Gasteiger partial charge in [-0.1, -0.05) is 32.0 Å². The number of benzene rings is 2. The molecule has 0 radical (unpaired) electrons. The van der Waals surface area contributed by atoms with E-state index >= 15 is 0 Å². The number of hydrogen-bond acceptors (Lipinski definition) is 4. The largest absolute Gasteiger partial charge is 0.497 e. The molecule has 2 aromatic carbocycles. The summed E-state index contributed by atoms with van der Waals surface area (Å²) in [5.74, 6) is 2.42. The van der Waals surface area contributed by atoms with Gasteiger partial charge in [0.1, 0.15) is 11.5 Å². The molecule has 2 aliphatic rings. The lowest BCUT2D eigenvalue weighted by Gasteiger charge is -2.38. The number of fused-ring (bicyclic) bond motifs is 3. The Balaban J connectivity index is 1.68. The summed E-state index contributed by atoms with van der Waals surface area (Å²) in [6.45, 7) is 4.45. The first-order valence-corrected chi connectivity index (χ1v) is 8.91. The van der Waals surface area contributed by atoms with E-state index in [1.54, 1.807) is 7.11 Å². The van der Waals surface area contributed by atoms with Gasteiger partial charge in [0.15, 0.2) is 6.23 Å². The van der Waals surface area contributed by atoms with Crippen LogP contribution in [0.15, 0.2) is 53.6 Å². The van der Waals surface area contributed by atoms with Crippen LogP contribution < -0.4 is 9.47 Å². The molecule has 0 fully saturated rings. The fourth-order valence-electron chi connectivity index (χ4n) is 3.63. The van der Waals surface area contributed by atoms with Crippen molar-refractivity contribution in [2.24, 2.45) is 11.0 Å². The summed E-state index contributed by atoms with van der Waals surface area (Å²) in [4.78, 5) is 0. The molecule has 0 N–H and O–H groups in total. The number of hydrogen-bond donors (Lipinski definition) is 0. The van der Waals surface area contributed by atoms with E-state index < -0.39 is 0 Å². The molecule has 0 aliphatic carbocycles. The minimum Gasteiger partial charge on any atom is -0.497 e. The zero-order chi connectivity index (χ0) is 17.4. The summed E-state index contributed by atoms with van der Waals surface area (Å²) in [5, 5.41) is 7.12. The minimum atomic E-state index is -0.00403. The van der Waals surface area contributed by atoms with Gasteiger partial charge in [-0.3, -0.25) is 5.01 Å². The van der Waals surface area contributed by atoms with Crippen LogP contribution in [-0.4, -0.2) is 24.1 Å². The van der Waals surface area contributed by atoms with E-state index in [1.165, 1.54) is 5.56 Å². The molecule has 0 spiro atoms. The molecule has 0 saturated carbocycles. The van der Waals surface area contributed by atoms with Crippen molar-refractivity contribution in [3.05, 3.63) is 59.7 Å². The quantitative estimate of drug-likeness (QED) is 0.817. The third kappa shape index (κ3) is 2.97. The number of rotatable bonds is 4. The maximum atomic E-state index is 6.28. The van der Waals surface area contributed by atoms with Crippen molar-refractivity contribution in [3.63, 3.8) is 0 Å². The standard InChI is InChI=1S/C21H24N2O2/c1-14(2)12-21-23-19(17-6-4-5-7-20(17)25-21)13-18(22-23)15-8-10-16(24-3)11-9-15/h4-11,14,19,21H,12-13H2,1-3H3/t19-,21-/m0/s1. The highest BCUT2D eigenvalue weighted by Gasteiger charge is 2.40. The molecule has 25 heavy (non-hydrogen) atoms. The highest BCUT2D eigenvalue weighted by molar-refractivity contribution is 6.02. The monoisotopic (exact) mass is 336 g/mol. The van der Waals surface area contributed by atoms with Crippen LogP contribution in [0.25, 0.3) is 0 Å². The predicted octanol–water partition coefficient (Wildman–Crippen LogP) is 4.61. The van der Waals surface area contributed by atoms with Crippen molar-refractivity contribution >= 4 is 5.71 Å². The number of para-hydroxylation sites is 1. The second-order valence-corrected chi connectivity index (χ2v) is 7.12. The summed E-state index contributed by atoms with van der Waals surface area (Å²) in [7, 11) is 1.69. The summed E-state index contributed by atoms with van der Waals surface area (Å²) < 4.78 is 11.5. The van der Waals surface area contributed by atoms with E-state index in [9.17, 15) is 0 Å². The van der Waals surface area contributed by atoms with Crippen molar-refractivity contribution in [3.8, 4) is 11.5 Å². The highest BCUT2D eigenvalue weighted by Crippen LogP contribution is 2.44. The topological polar surface area (TPSA) is 34.1 Å². The molecule has 130 valence electrons. The molecule has 4 nitrogen and oxygen atoms in total. The Morgan fingerprint density at radius 3 is 2.64 bits per heavy atom. The Morgan fingerprint density at radius 1 is 1.16 bits per heavy atom. The average molecular weight is 336 g/mol. The maximum Gasteiger partial charge on any atom is 0.188 e. The molecule has 4 heteroatoms. The highest BCUT2D eigenvalue weighted by atomic mass is 16.5. The van der Waals surface area contributed by atoms with E-state index in [-0.39, 0.29) is 12.3 Å². The first kappa shape index (κ1) is 16.0. The molecule has 4 rings (SSSR count). The zero-order valence-corrected chi connectivity index (χ0v) is 15.0. The van der Waals surface area contributed by atoms with Gasteiger partial charge in [0.25, 0.3) is 0 Å². The van der Waals surface area contributed by atoms with Crippen molar-refractivity contribution < 1.29 is 9.47 Å². The molecule has 0 unspecified atom stereocenters. The SMILES string of the molecule is COc1ccc(C2=NN3[C@H](CC(C)C)Oc4ccccc4[C@@H]3C2)cc1. The van der Waals surface area contributed by atoms with Gasteiger partial charge in [-0.2, -0.15) is 5.10 Å². The van der Waals surface area contributed by atoms with Gasteiger partial charge in [0.2, 0.25) is 0 Å². The zero-order valence-electron chi connectivity index (χ0n) is 15.0. The van der Waals surface area contributed by atoms with Crippen LogP contribution in [0.4, 0.5) is 0 Å². The van der Waals surface area contributed by atoms with E-state index in [4.69, 9.17) is 14.6 Å². The minimum absolute atomic E-state index is 0.00403. The predicted molar refractivity (Wildman–Crippen MR) is 99.0 cm³/mol. The molecule has 0 bridgehead atoms. The first-order chi connectivity index (χ1) is 12.2. The second kappa shape index (κ2) is 6.43. The fraction of sp³-hybridized carbons (Fsp3) is 0.381. The summed E-state index contributed by atoms with van der Waals surface area (Å²) in [6, 6.07) is 16.8. The van der Waals surface area contributed by atoms with Crippen LogP contribution in [0.2, 0.25) is 0 Å². The summed E-state index contributed by atoms with van der Waals surface area (Å²) in [6.07, 6.45) is 1.86. The summed E-state index contributed by atoms with van der Waals surface area (Å²) >= 11 is 0. The van der Waals surface area contributed by atoms with Crippen molar-refractivity contribution in [2.45, 2.75) is 39.0 Å². The molecular weight excluding hydrogens is 312 g/mol. The van der Waals surface area contributed by atoms with Crippen molar-refractivity contribution in [1.29, 1.82) is 0 Å². The van der Waals surface area contributed by atoms with Crippen molar-refractivity contribution in [2.75, 3.05) is 7.11 Å². The number of ether oxygens (including phenoxy) is 2. The van der Waals surface area contributed by atoms with Gasteiger partial charge in [0, 0.05) is 18.4 Å². The lowest BCUT2D eigenvalue weighted by molar-refractivity contribution is -0.0291. The first-order valence-electron chi connectivity index (χ1n) is 8.91. The van der Waals surface area contributed by atoms with Gasteiger partial charge in [0.05, 0.1) is 18.9 Å². The van der Waals surface area contributed by atoms with Crippen LogP contribution in [0.5, 0.6) is 11.5 Å². The molecule has 0 aromatic heterocycles. The van der Waals surface area contributed by atoms with Gasteiger partial charge in [-0.15, -0.1) is 0 Å². The van der Waals surface area contributed by atoms with Crippen molar-refractivity contribution in [1.82, 2.24) is 5.01 Å². The molecule has 0 amide bonds. The number of hydrazone groups is 1. The van der Waals surface area contributed by atoms with E-state index in [1.807, 2.05) is 18.2 Å². The molecular formula is C21H24N2O2. The average Bonchev–Trinajstić information content (AvgIpc) is 3.07. The Morgan fingerprint density at radius 2 is 1.92 bits per heavy atom. The molecule has 2 atom stereocenters. The Bertz CT molecular complexity index is 783. The van der Waals surface area contributed by atoms with E-state index in [2.05, 4.69) is 49.2 Å². The molecule has 0 saturated heterocycles. The summed E-state index contributed by atoms with van der Waals surface area (Å²) in [5.41, 5.74) is 3.49. The number of methoxy groups -OCH3 is 1. The van der Waals surface area contributed by atoms with Gasteiger partial charge in [-0.05, 0) is 41.8 Å². The normalized spacial score (nSPS) is 21.4. The molecule has 2 heterocycles. The Hall–Kier alpha value is -2.49. The van der Waals surface area contributed by atoms with Crippen LogP contribution in [0.1, 0.15) is 43.9 Å². The Labute approximate surface area is 149 Å². The lowest BCUT2D eigenvalue weighted by Crippen LogP contribution is -2.41. The second-order valence-electron chi connectivity index (χ2n) is 7.12.